The molecule has 0 radical (unpaired) electrons. The highest BCUT2D eigenvalue weighted by Crippen LogP contribution is 2.21. The fourth-order valence-electron chi connectivity index (χ4n) is 2.36. The van der Waals surface area contributed by atoms with Crippen LogP contribution in [0, 0.1) is 0 Å². The van der Waals surface area contributed by atoms with E-state index in [-0.39, 0.29) is 30.7 Å². The summed E-state index contributed by atoms with van der Waals surface area (Å²) in [5.41, 5.74) is 1.18. The molecule has 0 fully saturated rings. The highest BCUT2D eigenvalue weighted by molar-refractivity contribution is 9.10. The second-order valence-corrected chi connectivity index (χ2v) is 7.36. The molecule has 6 nitrogen and oxygen atoms in total. The molecule has 3 N–H and O–H groups in total. The van der Waals surface area contributed by atoms with Crippen LogP contribution < -0.4 is 16.0 Å². The zero-order valence-corrected chi connectivity index (χ0v) is 17.7. The van der Waals surface area contributed by atoms with E-state index in [1.807, 2.05) is 6.92 Å². The molecule has 8 heteroatoms. The lowest BCUT2D eigenvalue weighted by Gasteiger charge is -2.12. The van der Waals surface area contributed by atoms with Crippen LogP contribution in [0.5, 0.6) is 0 Å². The maximum Gasteiger partial charge on any atom is 0.253 e. The Morgan fingerprint density at radius 2 is 1.64 bits per heavy atom. The van der Waals surface area contributed by atoms with Gasteiger partial charge in [0.25, 0.3) is 11.8 Å². The highest BCUT2D eigenvalue weighted by atomic mass is 79.9. The summed E-state index contributed by atoms with van der Waals surface area (Å²) in [4.78, 5) is 36.5. The first-order chi connectivity index (χ1) is 13.4. The predicted molar refractivity (Wildman–Crippen MR) is 114 cm³/mol. The molecule has 0 unspecified atom stereocenters. The third kappa shape index (κ3) is 6.65. The molecule has 0 bridgehead atoms. The molecule has 0 spiro atoms. The van der Waals surface area contributed by atoms with Crippen LogP contribution in [0.3, 0.4) is 0 Å². The summed E-state index contributed by atoms with van der Waals surface area (Å²) >= 11 is 9.30. The summed E-state index contributed by atoms with van der Waals surface area (Å²) in [6, 6.07) is 11.6. The molecule has 0 aliphatic heterocycles. The molecule has 148 valence electrons. The third-order valence-corrected chi connectivity index (χ3v) is 4.54. The standard InChI is InChI=1S/C20H21BrClN3O3/c1-2-10-23-20(28)16-8-7-15(22)12-17(16)25-18(26)9-11-24-19(27)13-3-5-14(21)6-4-13/h3-8,12H,2,9-11H2,1H3,(H,23,28)(H,24,27)(H,25,26). The maximum atomic E-state index is 12.2. The molecule has 28 heavy (non-hydrogen) atoms. The van der Waals surface area contributed by atoms with Gasteiger partial charge in [-0.3, -0.25) is 14.4 Å². The number of hydrogen-bond donors (Lipinski definition) is 3. The summed E-state index contributed by atoms with van der Waals surface area (Å²) in [5, 5.41) is 8.56. The quantitative estimate of drug-likeness (QED) is 0.549. The predicted octanol–water partition coefficient (Wildman–Crippen LogP) is 4.00. The number of rotatable bonds is 8. The van der Waals surface area contributed by atoms with Gasteiger partial charge in [-0.05, 0) is 48.9 Å². The van der Waals surface area contributed by atoms with E-state index < -0.39 is 0 Å². The average molecular weight is 467 g/mol. The van der Waals surface area contributed by atoms with Crippen LogP contribution in [0.1, 0.15) is 40.5 Å². The minimum Gasteiger partial charge on any atom is -0.352 e. The van der Waals surface area contributed by atoms with Gasteiger partial charge in [0, 0.05) is 34.6 Å². The molecule has 2 aromatic rings. The van der Waals surface area contributed by atoms with Gasteiger partial charge in [-0.1, -0.05) is 34.5 Å². The van der Waals surface area contributed by atoms with E-state index in [0.717, 1.165) is 10.9 Å². The van der Waals surface area contributed by atoms with Crippen molar-refractivity contribution < 1.29 is 14.4 Å². The van der Waals surface area contributed by atoms with Crippen molar-refractivity contribution in [1.82, 2.24) is 10.6 Å². The van der Waals surface area contributed by atoms with Gasteiger partial charge in [-0.2, -0.15) is 0 Å². The largest absolute Gasteiger partial charge is 0.352 e. The van der Waals surface area contributed by atoms with Crippen molar-refractivity contribution in [3.05, 3.63) is 63.1 Å². The molecule has 0 heterocycles. The lowest BCUT2D eigenvalue weighted by molar-refractivity contribution is -0.116. The smallest absolute Gasteiger partial charge is 0.253 e. The minimum atomic E-state index is -0.331. The summed E-state index contributed by atoms with van der Waals surface area (Å²) in [7, 11) is 0. The monoisotopic (exact) mass is 465 g/mol. The van der Waals surface area contributed by atoms with E-state index in [9.17, 15) is 14.4 Å². The van der Waals surface area contributed by atoms with E-state index in [1.54, 1.807) is 36.4 Å². The van der Waals surface area contributed by atoms with E-state index >= 15 is 0 Å². The Morgan fingerprint density at radius 3 is 2.32 bits per heavy atom. The number of hydrogen-bond acceptors (Lipinski definition) is 3. The average Bonchev–Trinajstić information content (AvgIpc) is 2.66. The maximum absolute atomic E-state index is 12.2. The summed E-state index contributed by atoms with van der Waals surface area (Å²) in [6.07, 6.45) is 0.865. The summed E-state index contributed by atoms with van der Waals surface area (Å²) in [6.45, 7) is 2.66. The van der Waals surface area contributed by atoms with E-state index in [1.165, 1.54) is 6.07 Å². The molecule has 0 aromatic heterocycles. The zero-order valence-electron chi connectivity index (χ0n) is 15.4. The molecule has 0 saturated heterocycles. The normalized spacial score (nSPS) is 10.2. The van der Waals surface area contributed by atoms with Gasteiger partial charge < -0.3 is 16.0 Å². The molecule has 0 saturated carbocycles. The van der Waals surface area contributed by atoms with Crippen molar-refractivity contribution in [3.8, 4) is 0 Å². The van der Waals surface area contributed by atoms with Crippen LogP contribution in [-0.4, -0.2) is 30.8 Å². The first-order valence-corrected chi connectivity index (χ1v) is 9.99. The molecule has 0 atom stereocenters. The van der Waals surface area contributed by atoms with Crippen molar-refractivity contribution >= 4 is 50.9 Å². The Bertz CT molecular complexity index is 856. The SMILES string of the molecule is CCCNC(=O)c1ccc(Cl)cc1NC(=O)CCNC(=O)c1ccc(Br)cc1. The van der Waals surface area contributed by atoms with Gasteiger partial charge in [0.2, 0.25) is 5.91 Å². The zero-order chi connectivity index (χ0) is 20.5. The van der Waals surface area contributed by atoms with Gasteiger partial charge in [0.1, 0.15) is 0 Å². The second-order valence-electron chi connectivity index (χ2n) is 6.01. The Labute approximate surface area is 177 Å². The fraction of sp³-hybridized carbons (Fsp3) is 0.250. The molecule has 2 rings (SSSR count). The lowest BCUT2D eigenvalue weighted by atomic mass is 10.1. The lowest BCUT2D eigenvalue weighted by Crippen LogP contribution is -2.28. The number of amides is 3. The van der Waals surface area contributed by atoms with Gasteiger partial charge in [-0.15, -0.1) is 0 Å². The number of carbonyl (C=O) groups is 3. The van der Waals surface area contributed by atoms with Gasteiger partial charge in [0.05, 0.1) is 11.3 Å². The Kier molecular flexibility index (Phi) is 8.47. The van der Waals surface area contributed by atoms with E-state index in [0.29, 0.717) is 28.4 Å². The van der Waals surface area contributed by atoms with Crippen LogP contribution in [0.15, 0.2) is 46.9 Å². The van der Waals surface area contributed by atoms with Gasteiger partial charge >= 0.3 is 0 Å². The topological polar surface area (TPSA) is 87.3 Å². The van der Waals surface area contributed by atoms with Crippen molar-refractivity contribution in [2.24, 2.45) is 0 Å². The van der Waals surface area contributed by atoms with Crippen molar-refractivity contribution in [3.63, 3.8) is 0 Å². The van der Waals surface area contributed by atoms with Gasteiger partial charge in [0.15, 0.2) is 0 Å². The van der Waals surface area contributed by atoms with Crippen molar-refractivity contribution in [2.75, 3.05) is 18.4 Å². The van der Waals surface area contributed by atoms with E-state index in [4.69, 9.17) is 11.6 Å². The second kappa shape index (κ2) is 10.8. The fourth-order valence-corrected chi connectivity index (χ4v) is 2.79. The Balaban J connectivity index is 1.91. The van der Waals surface area contributed by atoms with Crippen LogP contribution >= 0.6 is 27.5 Å². The van der Waals surface area contributed by atoms with Crippen LogP contribution in [0.4, 0.5) is 5.69 Å². The molecule has 0 aliphatic rings. The van der Waals surface area contributed by atoms with Crippen molar-refractivity contribution in [1.29, 1.82) is 0 Å². The molecular weight excluding hydrogens is 446 g/mol. The van der Waals surface area contributed by atoms with Crippen LogP contribution in [0.25, 0.3) is 0 Å². The highest BCUT2D eigenvalue weighted by Gasteiger charge is 2.14. The summed E-state index contributed by atoms with van der Waals surface area (Å²) < 4.78 is 0.878. The minimum absolute atomic E-state index is 0.0603. The molecule has 3 amide bonds. The number of benzene rings is 2. The molecule has 2 aromatic carbocycles. The number of nitrogens with one attached hydrogen (secondary N) is 3. The number of carbonyl (C=O) groups excluding carboxylic acids is 3. The van der Waals surface area contributed by atoms with Crippen LogP contribution in [-0.2, 0) is 4.79 Å². The summed E-state index contributed by atoms with van der Waals surface area (Å²) in [5.74, 6) is -0.872. The third-order valence-electron chi connectivity index (χ3n) is 3.78. The molecule has 0 aliphatic carbocycles. The van der Waals surface area contributed by atoms with Crippen molar-refractivity contribution in [2.45, 2.75) is 19.8 Å². The molecular formula is C20H21BrClN3O3. The Morgan fingerprint density at radius 1 is 0.964 bits per heavy atom. The van der Waals surface area contributed by atoms with Crippen LogP contribution in [0.2, 0.25) is 5.02 Å². The number of anilines is 1. The van der Waals surface area contributed by atoms with E-state index in [2.05, 4.69) is 31.9 Å². The first-order valence-electron chi connectivity index (χ1n) is 8.82. The van der Waals surface area contributed by atoms with Gasteiger partial charge in [-0.25, -0.2) is 0 Å². The number of halogens is 2. The first kappa shape index (κ1) is 21.9. The Hall–Kier alpha value is -2.38.